The largest absolute Gasteiger partial charge is 0.449 e. The first kappa shape index (κ1) is 20.6. The second-order valence-electron chi connectivity index (χ2n) is 6.25. The van der Waals surface area contributed by atoms with Crippen LogP contribution < -0.4 is 15.4 Å². The van der Waals surface area contributed by atoms with Gasteiger partial charge in [0.05, 0.1) is 5.56 Å². The van der Waals surface area contributed by atoms with Gasteiger partial charge in [-0.05, 0) is 38.0 Å². The zero-order valence-corrected chi connectivity index (χ0v) is 14.9. The van der Waals surface area contributed by atoms with Gasteiger partial charge in [-0.1, -0.05) is 25.3 Å². The molecule has 0 aliphatic heterocycles. The number of alkyl halides is 2. The third-order valence-corrected chi connectivity index (χ3v) is 4.13. The van der Waals surface area contributed by atoms with Crippen molar-refractivity contribution in [3.05, 3.63) is 29.8 Å². The van der Waals surface area contributed by atoms with Crippen LogP contribution in [0.2, 0.25) is 0 Å². The number of rotatable bonds is 6. The molecule has 1 fully saturated rings. The van der Waals surface area contributed by atoms with E-state index >= 15 is 0 Å². The van der Waals surface area contributed by atoms with Crippen LogP contribution in [-0.4, -0.2) is 36.7 Å². The molecule has 1 aromatic carbocycles. The summed E-state index contributed by atoms with van der Waals surface area (Å²) in [5.74, 6) is -1.88. The van der Waals surface area contributed by atoms with Gasteiger partial charge in [0.25, 0.3) is 5.91 Å². The van der Waals surface area contributed by atoms with E-state index in [2.05, 4.69) is 15.4 Å². The first-order valence-corrected chi connectivity index (χ1v) is 8.72. The topological polar surface area (TPSA) is 93.7 Å². The van der Waals surface area contributed by atoms with Gasteiger partial charge in [0.1, 0.15) is 5.75 Å². The molecule has 0 spiro atoms. The normalized spacial score (nSPS) is 15.7. The predicted molar refractivity (Wildman–Crippen MR) is 91.5 cm³/mol. The van der Waals surface area contributed by atoms with E-state index in [9.17, 15) is 23.2 Å². The van der Waals surface area contributed by atoms with Crippen molar-refractivity contribution >= 4 is 17.9 Å². The van der Waals surface area contributed by atoms with Gasteiger partial charge in [0, 0.05) is 6.04 Å². The average Bonchev–Trinajstić information content (AvgIpc) is 2.62. The smallest absolute Gasteiger partial charge is 0.387 e. The van der Waals surface area contributed by atoms with Crippen molar-refractivity contribution < 1.29 is 32.6 Å². The molecule has 0 unspecified atom stereocenters. The number of urea groups is 1. The minimum atomic E-state index is -3.02. The Morgan fingerprint density at radius 1 is 1.15 bits per heavy atom. The molecule has 1 aliphatic rings. The second kappa shape index (κ2) is 9.84. The van der Waals surface area contributed by atoms with Gasteiger partial charge in [-0.3, -0.25) is 10.1 Å². The molecule has 0 bridgehead atoms. The number of carbonyl (C=O) groups is 3. The van der Waals surface area contributed by atoms with E-state index in [1.54, 1.807) is 0 Å². The molecule has 0 radical (unpaired) electrons. The van der Waals surface area contributed by atoms with E-state index in [0.717, 1.165) is 38.2 Å². The summed E-state index contributed by atoms with van der Waals surface area (Å²) in [6.07, 6.45) is 3.68. The summed E-state index contributed by atoms with van der Waals surface area (Å²) in [7, 11) is 0. The lowest BCUT2D eigenvalue weighted by molar-refractivity contribution is -0.127. The third kappa shape index (κ3) is 6.84. The summed E-state index contributed by atoms with van der Waals surface area (Å²) < 4.78 is 33.6. The minimum Gasteiger partial charge on any atom is -0.449 e. The zero-order chi connectivity index (χ0) is 19.8. The molecule has 148 valence electrons. The predicted octanol–water partition coefficient (Wildman–Crippen LogP) is 2.99. The number of benzene rings is 1. The lowest BCUT2D eigenvalue weighted by atomic mass is 9.96. The number of ether oxygens (including phenoxy) is 2. The molecule has 1 aromatic rings. The van der Waals surface area contributed by atoms with E-state index in [1.807, 2.05) is 0 Å². The highest BCUT2D eigenvalue weighted by atomic mass is 19.3. The Balaban J connectivity index is 1.84. The fourth-order valence-corrected chi connectivity index (χ4v) is 2.76. The van der Waals surface area contributed by atoms with Gasteiger partial charge < -0.3 is 14.8 Å². The highest BCUT2D eigenvalue weighted by Crippen LogP contribution is 2.18. The van der Waals surface area contributed by atoms with Crippen LogP contribution in [0.4, 0.5) is 13.6 Å². The number of hydrogen-bond acceptors (Lipinski definition) is 5. The van der Waals surface area contributed by atoms with Crippen molar-refractivity contribution in [2.45, 2.75) is 57.8 Å². The van der Waals surface area contributed by atoms with Crippen LogP contribution in [0.1, 0.15) is 49.4 Å². The molecule has 3 amide bonds. The molecule has 1 atom stereocenters. The Morgan fingerprint density at radius 2 is 1.85 bits per heavy atom. The van der Waals surface area contributed by atoms with Crippen molar-refractivity contribution in [3.63, 3.8) is 0 Å². The first-order chi connectivity index (χ1) is 12.8. The van der Waals surface area contributed by atoms with Gasteiger partial charge in [-0.2, -0.15) is 8.78 Å². The number of nitrogens with one attached hydrogen (secondary N) is 2. The molecular weight excluding hydrogens is 362 g/mol. The summed E-state index contributed by atoms with van der Waals surface area (Å²) in [5, 5.41) is 4.85. The molecule has 2 rings (SSSR count). The lowest BCUT2D eigenvalue weighted by Gasteiger charge is -2.23. The number of halogens is 2. The fourth-order valence-electron chi connectivity index (χ4n) is 2.76. The maximum atomic E-state index is 12.2. The molecule has 7 nitrogen and oxygen atoms in total. The molecule has 1 saturated carbocycles. The number of carbonyl (C=O) groups excluding carboxylic acids is 3. The van der Waals surface area contributed by atoms with Crippen molar-refractivity contribution in [2.24, 2.45) is 0 Å². The summed E-state index contributed by atoms with van der Waals surface area (Å²) in [4.78, 5) is 35.9. The lowest BCUT2D eigenvalue weighted by Crippen LogP contribution is -2.48. The van der Waals surface area contributed by atoms with Crippen molar-refractivity contribution in [3.8, 4) is 5.75 Å². The van der Waals surface area contributed by atoms with Crippen LogP contribution in [0.3, 0.4) is 0 Å². The maximum absolute atomic E-state index is 12.2. The highest BCUT2D eigenvalue weighted by molar-refractivity contribution is 5.98. The zero-order valence-electron chi connectivity index (χ0n) is 14.9. The maximum Gasteiger partial charge on any atom is 0.387 e. The fraction of sp³-hybridized carbons (Fsp3) is 0.500. The summed E-state index contributed by atoms with van der Waals surface area (Å²) in [5.41, 5.74) is -0.0561. The summed E-state index contributed by atoms with van der Waals surface area (Å²) in [6.45, 7) is -1.72. The van der Waals surface area contributed by atoms with Crippen LogP contribution in [0, 0.1) is 0 Å². The molecule has 27 heavy (non-hydrogen) atoms. The van der Waals surface area contributed by atoms with E-state index < -0.39 is 30.6 Å². The van der Waals surface area contributed by atoms with Crippen LogP contribution in [0.5, 0.6) is 5.75 Å². The van der Waals surface area contributed by atoms with E-state index in [4.69, 9.17) is 4.74 Å². The standard InChI is InChI=1S/C18H22F2N2O5/c1-11(15(23)22-18(25)21-13-7-3-2-4-8-13)26-16(24)12-6-5-9-14(10-12)27-17(19)20/h5-6,9-11,13,17H,2-4,7-8H2,1H3,(H2,21,22,23,25)/t11-/m1/s1. The van der Waals surface area contributed by atoms with Crippen molar-refractivity contribution in [1.82, 2.24) is 10.6 Å². The SMILES string of the molecule is C[C@@H](OC(=O)c1cccc(OC(F)F)c1)C(=O)NC(=O)NC1CCCCC1. The molecule has 1 aliphatic carbocycles. The molecule has 0 heterocycles. The molecule has 9 heteroatoms. The molecule has 2 N–H and O–H groups in total. The number of imide groups is 1. The van der Waals surface area contributed by atoms with Crippen molar-refractivity contribution in [1.29, 1.82) is 0 Å². The molecule has 0 saturated heterocycles. The average molecular weight is 384 g/mol. The number of esters is 1. The Bertz CT molecular complexity index is 677. The summed E-state index contributed by atoms with van der Waals surface area (Å²) >= 11 is 0. The Labute approximate surface area is 155 Å². The van der Waals surface area contributed by atoms with E-state index in [-0.39, 0.29) is 17.4 Å². The second-order valence-corrected chi connectivity index (χ2v) is 6.25. The van der Waals surface area contributed by atoms with Crippen LogP contribution in [0.15, 0.2) is 24.3 Å². The first-order valence-electron chi connectivity index (χ1n) is 8.72. The van der Waals surface area contributed by atoms with Gasteiger partial charge in [0.15, 0.2) is 6.10 Å². The Hall–Kier alpha value is -2.71. The quantitative estimate of drug-likeness (QED) is 0.736. The molecular formula is C18H22F2N2O5. The van der Waals surface area contributed by atoms with Crippen LogP contribution in [-0.2, 0) is 9.53 Å². The highest BCUT2D eigenvalue weighted by Gasteiger charge is 2.23. The molecule has 0 aromatic heterocycles. The van der Waals surface area contributed by atoms with Gasteiger partial charge in [0.2, 0.25) is 0 Å². The van der Waals surface area contributed by atoms with Crippen molar-refractivity contribution in [2.75, 3.05) is 0 Å². The third-order valence-electron chi connectivity index (χ3n) is 4.13. The Morgan fingerprint density at radius 3 is 2.52 bits per heavy atom. The summed E-state index contributed by atoms with van der Waals surface area (Å²) in [6, 6.07) is 4.41. The number of amides is 3. The van der Waals surface area contributed by atoms with Gasteiger partial charge in [-0.15, -0.1) is 0 Å². The van der Waals surface area contributed by atoms with E-state index in [1.165, 1.54) is 25.1 Å². The minimum absolute atomic E-state index is 0.0296. The van der Waals surface area contributed by atoms with Gasteiger partial charge >= 0.3 is 18.6 Å². The number of hydrogen-bond donors (Lipinski definition) is 2. The van der Waals surface area contributed by atoms with Gasteiger partial charge in [-0.25, -0.2) is 9.59 Å². The monoisotopic (exact) mass is 384 g/mol. The van der Waals surface area contributed by atoms with Crippen LogP contribution in [0.25, 0.3) is 0 Å². The Kier molecular flexibility index (Phi) is 7.51. The van der Waals surface area contributed by atoms with Crippen LogP contribution >= 0.6 is 0 Å². The van der Waals surface area contributed by atoms with E-state index in [0.29, 0.717) is 0 Å².